The maximum absolute atomic E-state index is 11.8. The van der Waals surface area contributed by atoms with Gasteiger partial charge in [0.05, 0.1) is 11.0 Å². The molecule has 0 saturated carbocycles. The van der Waals surface area contributed by atoms with Crippen molar-refractivity contribution >= 4 is 11.6 Å². The standard InChI is InChI=1S/C14H15N3O5/c15-7-11(18)8-16-14(19)13-6-5-12(22-13)9-1-3-10(4-2-9)17(20)21/h1-6,11,18H,7-8,15H2,(H,16,19). The summed E-state index contributed by atoms with van der Waals surface area (Å²) in [6, 6.07) is 8.87. The van der Waals surface area contributed by atoms with Crippen molar-refractivity contribution < 1.29 is 19.2 Å². The molecule has 1 heterocycles. The molecule has 0 aliphatic rings. The Morgan fingerprint density at radius 3 is 2.59 bits per heavy atom. The Hall–Kier alpha value is -2.71. The molecule has 4 N–H and O–H groups in total. The number of aliphatic hydroxyl groups excluding tert-OH is 1. The molecular weight excluding hydrogens is 290 g/mol. The first-order valence-electron chi connectivity index (χ1n) is 6.52. The number of hydrogen-bond donors (Lipinski definition) is 3. The quantitative estimate of drug-likeness (QED) is 0.536. The van der Waals surface area contributed by atoms with Crippen molar-refractivity contribution in [3.8, 4) is 11.3 Å². The molecule has 1 aromatic heterocycles. The maximum Gasteiger partial charge on any atom is 0.287 e. The average Bonchev–Trinajstić information content (AvgIpc) is 3.02. The van der Waals surface area contributed by atoms with Crippen LogP contribution in [0.1, 0.15) is 10.6 Å². The number of nitrogens with two attached hydrogens (primary N) is 1. The molecule has 1 amide bonds. The zero-order valence-corrected chi connectivity index (χ0v) is 11.6. The highest BCUT2D eigenvalue weighted by atomic mass is 16.6. The second-order valence-corrected chi connectivity index (χ2v) is 4.57. The molecule has 8 nitrogen and oxygen atoms in total. The van der Waals surface area contributed by atoms with E-state index in [1.165, 1.54) is 30.3 Å². The van der Waals surface area contributed by atoms with Crippen molar-refractivity contribution in [2.75, 3.05) is 13.1 Å². The minimum Gasteiger partial charge on any atom is -0.451 e. The lowest BCUT2D eigenvalue weighted by Crippen LogP contribution is -2.35. The summed E-state index contributed by atoms with van der Waals surface area (Å²) in [5.74, 6) is 0.0256. The minimum absolute atomic E-state index is 0.0240. The molecule has 8 heteroatoms. The third kappa shape index (κ3) is 3.68. The van der Waals surface area contributed by atoms with Gasteiger partial charge in [-0.25, -0.2) is 0 Å². The zero-order valence-electron chi connectivity index (χ0n) is 11.6. The molecule has 22 heavy (non-hydrogen) atoms. The molecule has 2 rings (SSSR count). The number of hydrogen-bond acceptors (Lipinski definition) is 6. The summed E-state index contributed by atoms with van der Waals surface area (Å²) in [7, 11) is 0. The molecule has 0 spiro atoms. The average molecular weight is 305 g/mol. The summed E-state index contributed by atoms with van der Waals surface area (Å²) in [4.78, 5) is 21.9. The van der Waals surface area contributed by atoms with Crippen LogP contribution >= 0.6 is 0 Å². The van der Waals surface area contributed by atoms with E-state index in [1.807, 2.05) is 0 Å². The fourth-order valence-electron chi connectivity index (χ4n) is 1.74. The summed E-state index contributed by atoms with van der Waals surface area (Å²) in [6.07, 6.45) is -0.812. The second-order valence-electron chi connectivity index (χ2n) is 4.57. The van der Waals surface area contributed by atoms with Crippen LogP contribution in [0.15, 0.2) is 40.8 Å². The third-order valence-corrected chi connectivity index (χ3v) is 2.96. The van der Waals surface area contributed by atoms with E-state index in [0.717, 1.165) is 0 Å². The molecule has 1 aromatic carbocycles. The van der Waals surface area contributed by atoms with Gasteiger partial charge in [-0.1, -0.05) is 0 Å². The van der Waals surface area contributed by atoms with Crippen LogP contribution in [0.25, 0.3) is 11.3 Å². The van der Waals surface area contributed by atoms with Crippen LogP contribution in [-0.4, -0.2) is 35.1 Å². The second kappa shape index (κ2) is 6.83. The van der Waals surface area contributed by atoms with E-state index in [4.69, 9.17) is 10.2 Å². The highest BCUT2D eigenvalue weighted by Crippen LogP contribution is 2.24. The van der Waals surface area contributed by atoms with Gasteiger partial charge in [0.1, 0.15) is 5.76 Å². The van der Waals surface area contributed by atoms with E-state index in [0.29, 0.717) is 11.3 Å². The first kappa shape index (κ1) is 15.7. The van der Waals surface area contributed by atoms with Crippen LogP contribution in [-0.2, 0) is 0 Å². The summed E-state index contributed by atoms with van der Waals surface area (Å²) in [6.45, 7) is 0.0787. The number of benzene rings is 1. The molecule has 0 bridgehead atoms. The van der Waals surface area contributed by atoms with Gasteiger partial charge in [0.2, 0.25) is 0 Å². The van der Waals surface area contributed by atoms with Crippen LogP contribution in [0.3, 0.4) is 0 Å². The van der Waals surface area contributed by atoms with Crippen molar-refractivity contribution in [3.05, 3.63) is 52.3 Å². The Bertz CT molecular complexity index is 665. The van der Waals surface area contributed by atoms with Gasteiger partial charge >= 0.3 is 0 Å². The molecule has 0 fully saturated rings. The van der Waals surface area contributed by atoms with Gasteiger partial charge in [0.25, 0.3) is 11.6 Å². The van der Waals surface area contributed by atoms with Crippen LogP contribution in [0.2, 0.25) is 0 Å². The van der Waals surface area contributed by atoms with Crippen molar-refractivity contribution in [1.82, 2.24) is 5.32 Å². The van der Waals surface area contributed by atoms with E-state index in [2.05, 4.69) is 5.32 Å². The highest BCUT2D eigenvalue weighted by molar-refractivity contribution is 5.92. The molecule has 0 aliphatic carbocycles. The molecule has 116 valence electrons. The zero-order chi connectivity index (χ0) is 16.1. The van der Waals surface area contributed by atoms with E-state index in [-0.39, 0.29) is 24.5 Å². The van der Waals surface area contributed by atoms with Gasteiger partial charge in [-0.15, -0.1) is 0 Å². The maximum atomic E-state index is 11.8. The molecular formula is C14H15N3O5. The minimum atomic E-state index is -0.812. The van der Waals surface area contributed by atoms with Crippen molar-refractivity contribution in [3.63, 3.8) is 0 Å². The fourth-order valence-corrected chi connectivity index (χ4v) is 1.74. The van der Waals surface area contributed by atoms with E-state index >= 15 is 0 Å². The number of aliphatic hydroxyl groups is 1. The molecule has 1 unspecified atom stereocenters. The van der Waals surface area contributed by atoms with E-state index < -0.39 is 16.9 Å². The Kier molecular flexibility index (Phi) is 4.87. The fraction of sp³-hybridized carbons (Fsp3) is 0.214. The largest absolute Gasteiger partial charge is 0.451 e. The number of carbonyl (C=O) groups is 1. The lowest BCUT2D eigenvalue weighted by molar-refractivity contribution is -0.384. The summed E-state index contributed by atoms with van der Waals surface area (Å²) >= 11 is 0. The van der Waals surface area contributed by atoms with Crippen LogP contribution in [0.4, 0.5) is 5.69 Å². The molecule has 0 saturated heterocycles. The van der Waals surface area contributed by atoms with E-state index in [1.54, 1.807) is 6.07 Å². The summed E-state index contributed by atoms with van der Waals surface area (Å²) in [5.41, 5.74) is 5.83. The molecule has 0 radical (unpaired) electrons. The van der Waals surface area contributed by atoms with E-state index in [9.17, 15) is 20.0 Å². The van der Waals surface area contributed by atoms with Gasteiger partial charge in [0, 0.05) is 30.8 Å². The molecule has 2 aromatic rings. The number of nitro benzene ring substituents is 1. The van der Waals surface area contributed by atoms with Crippen molar-refractivity contribution in [2.45, 2.75) is 6.10 Å². The molecule has 0 aliphatic heterocycles. The Morgan fingerprint density at radius 2 is 2.00 bits per heavy atom. The predicted octanol–water partition coefficient (Wildman–Crippen LogP) is 0.904. The first-order chi connectivity index (χ1) is 10.5. The van der Waals surface area contributed by atoms with Crippen molar-refractivity contribution in [1.29, 1.82) is 0 Å². The number of amides is 1. The smallest absolute Gasteiger partial charge is 0.287 e. The van der Waals surface area contributed by atoms with Crippen LogP contribution in [0, 0.1) is 10.1 Å². The number of nitrogens with one attached hydrogen (secondary N) is 1. The Morgan fingerprint density at radius 1 is 1.32 bits per heavy atom. The Balaban J connectivity index is 2.07. The predicted molar refractivity (Wildman–Crippen MR) is 78.2 cm³/mol. The van der Waals surface area contributed by atoms with Gasteiger partial charge in [0.15, 0.2) is 5.76 Å². The van der Waals surface area contributed by atoms with Gasteiger partial charge in [-0.3, -0.25) is 14.9 Å². The number of rotatable bonds is 6. The highest BCUT2D eigenvalue weighted by Gasteiger charge is 2.14. The number of carbonyl (C=O) groups excluding carboxylic acids is 1. The SMILES string of the molecule is NCC(O)CNC(=O)c1ccc(-c2ccc([N+](=O)[O-])cc2)o1. The van der Waals surface area contributed by atoms with Gasteiger partial charge < -0.3 is 20.6 Å². The summed E-state index contributed by atoms with van der Waals surface area (Å²) < 4.78 is 5.40. The van der Waals surface area contributed by atoms with Gasteiger partial charge in [-0.2, -0.15) is 0 Å². The third-order valence-electron chi connectivity index (χ3n) is 2.96. The lowest BCUT2D eigenvalue weighted by atomic mass is 10.1. The first-order valence-corrected chi connectivity index (χ1v) is 6.52. The lowest BCUT2D eigenvalue weighted by Gasteiger charge is -2.07. The molecule has 1 atom stereocenters. The van der Waals surface area contributed by atoms with Crippen LogP contribution in [0.5, 0.6) is 0 Å². The number of furan rings is 1. The number of nitrogens with zero attached hydrogens (tertiary/aromatic N) is 1. The van der Waals surface area contributed by atoms with Crippen LogP contribution < -0.4 is 11.1 Å². The van der Waals surface area contributed by atoms with Crippen molar-refractivity contribution in [2.24, 2.45) is 5.73 Å². The number of nitro groups is 1. The van der Waals surface area contributed by atoms with Gasteiger partial charge in [-0.05, 0) is 24.3 Å². The number of non-ortho nitro benzene ring substituents is 1. The summed E-state index contributed by atoms with van der Waals surface area (Å²) in [5, 5.41) is 22.4. The Labute approximate surface area is 125 Å². The topological polar surface area (TPSA) is 132 Å². The normalized spacial score (nSPS) is 11.9. The monoisotopic (exact) mass is 305 g/mol.